The van der Waals surface area contributed by atoms with Gasteiger partial charge in [-0.15, -0.1) is 0 Å². The zero-order valence-corrected chi connectivity index (χ0v) is 15.4. The summed E-state index contributed by atoms with van der Waals surface area (Å²) >= 11 is 0. The second-order valence-corrected chi connectivity index (χ2v) is 6.94. The van der Waals surface area contributed by atoms with Crippen LogP contribution in [0, 0.1) is 13.8 Å². The summed E-state index contributed by atoms with van der Waals surface area (Å²) in [5.74, 6) is -0.00247. The summed E-state index contributed by atoms with van der Waals surface area (Å²) in [6, 6.07) is 14.5. The Morgan fingerprint density at radius 1 is 1.08 bits per heavy atom. The van der Waals surface area contributed by atoms with Crippen molar-refractivity contribution in [3.63, 3.8) is 0 Å². The first-order valence-electron chi connectivity index (χ1n) is 8.96. The molecule has 132 valence electrons. The summed E-state index contributed by atoms with van der Waals surface area (Å²) in [4.78, 5) is 16.8. The Kier molecular flexibility index (Phi) is 5.27. The molecule has 1 aliphatic rings. The van der Waals surface area contributed by atoms with Gasteiger partial charge in [-0.05, 0) is 68.1 Å². The second-order valence-electron chi connectivity index (χ2n) is 6.94. The third kappa shape index (κ3) is 4.32. The van der Waals surface area contributed by atoms with Crippen LogP contribution in [0.1, 0.15) is 24.0 Å². The van der Waals surface area contributed by atoms with E-state index in [4.69, 9.17) is 0 Å². The van der Waals surface area contributed by atoms with Crippen LogP contribution in [0.2, 0.25) is 0 Å². The highest BCUT2D eigenvalue weighted by molar-refractivity contribution is 5.94. The number of nitrogens with zero attached hydrogens (tertiary/aromatic N) is 2. The molecule has 0 unspecified atom stereocenters. The molecule has 2 aromatic carbocycles. The Morgan fingerprint density at radius 3 is 2.44 bits per heavy atom. The molecular weight excluding hydrogens is 310 g/mol. The summed E-state index contributed by atoms with van der Waals surface area (Å²) in [7, 11) is 1.96. The van der Waals surface area contributed by atoms with Crippen LogP contribution in [0.4, 0.5) is 17.1 Å². The van der Waals surface area contributed by atoms with E-state index in [0.29, 0.717) is 6.54 Å². The minimum absolute atomic E-state index is 0.00247. The number of carbonyl (C=O) groups is 1. The second kappa shape index (κ2) is 7.60. The molecular formula is C21H27N3O. The molecule has 1 N–H and O–H groups in total. The van der Waals surface area contributed by atoms with Crippen LogP contribution in [0.25, 0.3) is 0 Å². The molecule has 1 aliphatic heterocycles. The fraction of sp³-hybridized carbons (Fsp3) is 0.381. The number of nitrogens with one attached hydrogen (secondary N) is 1. The normalized spacial score (nSPS) is 13.8. The number of hydrogen-bond donors (Lipinski definition) is 1. The summed E-state index contributed by atoms with van der Waals surface area (Å²) in [6.07, 6.45) is 2.53. The molecule has 1 fully saturated rings. The van der Waals surface area contributed by atoms with Crippen LogP contribution in [0.3, 0.4) is 0 Å². The average Bonchev–Trinajstić information content (AvgIpc) is 3.12. The lowest BCUT2D eigenvalue weighted by atomic mass is 10.1. The van der Waals surface area contributed by atoms with Gasteiger partial charge in [0.25, 0.3) is 0 Å². The lowest BCUT2D eigenvalue weighted by Gasteiger charge is -2.22. The molecule has 1 saturated heterocycles. The number of carbonyl (C=O) groups excluding carboxylic acids is 1. The molecule has 2 aromatic rings. The van der Waals surface area contributed by atoms with Crippen molar-refractivity contribution in [3.05, 3.63) is 53.6 Å². The SMILES string of the molecule is Cc1ccc(C)c(N(C)CC(=O)Nc2ccc(N3CCCC3)cc2)c1. The largest absolute Gasteiger partial charge is 0.372 e. The lowest BCUT2D eigenvalue weighted by molar-refractivity contribution is -0.114. The first-order chi connectivity index (χ1) is 12.0. The molecule has 1 amide bonds. The molecule has 0 saturated carbocycles. The van der Waals surface area contributed by atoms with E-state index in [-0.39, 0.29) is 5.91 Å². The van der Waals surface area contributed by atoms with Crippen molar-refractivity contribution in [3.8, 4) is 0 Å². The van der Waals surface area contributed by atoms with Gasteiger partial charge in [0.15, 0.2) is 0 Å². The Hall–Kier alpha value is -2.49. The predicted octanol–water partition coefficient (Wildman–Crippen LogP) is 3.98. The van der Waals surface area contributed by atoms with Gasteiger partial charge in [0, 0.05) is 37.2 Å². The van der Waals surface area contributed by atoms with Crippen LogP contribution in [-0.4, -0.2) is 32.6 Å². The van der Waals surface area contributed by atoms with Crippen molar-refractivity contribution >= 4 is 23.0 Å². The number of amides is 1. The maximum Gasteiger partial charge on any atom is 0.243 e. The van der Waals surface area contributed by atoms with E-state index in [9.17, 15) is 4.79 Å². The Balaban J connectivity index is 1.59. The standard InChI is InChI=1S/C21H27N3O/c1-16-6-7-17(2)20(14-16)23(3)15-21(25)22-18-8-10-19(11-9-18)24-12-4-5-13-24/h6-11,14H,4-5,12-13,15H2,1-3H3,(H,22,25). The number of rotatable bonds is 5. The minimum atomic E-state index is -0.00247. The van der Waals surface area contributed by atoms with Gasteiger partial charge in [-0.1, -0.05) is 12.1 Å². The molecule has 25 heavy (non-hydrogen) atoms. The Morgan fingerprint density at radius 2 is 1.76 bits per heavy atom. The molecule has 0 aliphatic carbocycles. The van der Waals surface area contributed by atoms with Gasteiger partial charge >= 0.3 is 0 Å². The summed E-state index contributed by atoms with van der Waals surface area (Å²) in [6.45, 7) is 6.73. The van der Waals surface area contributed by atoms with Crippen molar-refractivity contribution in [1.82, 2.24) is 0 Å². The lowest BCUT2D eigenvalue weighted by Crippen LogP contribution is -2.30. The zero-order chi connectivity index (χ0) is 17.8. The van der Waals surface area contributed by atoms with Gasteiger partial charge in [-0.25, -0.2) is 0 Å². The molecule has 1 heterocycles. The van der Waals surface area contributed by atoms with E-state index < -0.39 is 0 Å². The van der Waals surface area contributed by atoms with Crippen molar-refractivity contribution in [1.29, 1.82) is 0 Å². The predicted molar refractivity (Wildman–Crippen MR) is 106 cm³/mol. The summed E-state index contributed by atoms with van der Waals surface area (Å²) < 4.78 is 0. The van der Waals surface area contributed by atoms with E-state index in [1.54, 1.807) is 0 Å². The van der Waals surface area contributed by atoms with Crippen LogP contribution in [0.5, 0.6) is 0 Å². The highest BCUT2D eigenvalue weighted by atomic mass is 16.2. The number of likely N-dealkylation sites (N-methyl/N-ethyl adjacent to an activating group) is 1. The summed E-state index contributed by atoms with van der Waals surface area (Å²) in [5, 5.41) is 3.00. The molecule has 4 nitrogen and oxygen atoms in total. The highest BCUT2D eigenvalue weighted by Gasteiger charge is 2.13. The van der Waals surface area contributed by atoms with Gasteiger partial charge < -0.3 is 15.1 Å². The van der Waals surface area contributed by atoms with Gasteiger partial charge in [-0.3, -0.25) is 4.79 Å². The van der Waals surface area contributed by atoms with Gasteiger partial charge in [0.1, 0.15) is 0 Å². The topological polar surface area (TPSA) is 35.6 Å². The maximum absolute atomic E-state index is 12.4. The zero-order valence-electron chi connectivity index (χ0n) is 15.4. The third-order valence-corrected chi connectivity index (χ3v) is 4.78. The fourth-order valence-electron chi connectivity index (χ4n) is 3.36. The molecule has 3 rings (SSSR count). The number of anilines is 3. The Bertz CT molecular complexity index is 733. The van der Waals surface area contributed by atoms with Gasteiger partial charge in [0.2, 0.25) is 5.91 Å². The monoisotopic (exact) mass is 337 g/mol. The first kappa shape index (κ1) is 17.3. The molecule has 0 spiro atoms. The minimum Gasteiger partial charge on any atom is -0.372 e. The quantitative estimate of drug-likeness (QED) is 0.896. The van der Waals surface area contributed by atoms with Crippen LogP contribution < -0.4 is 15.1 Å². The first-order valence-corrected chi connectivity index (χ1v) is 8.96. The van der Waals surface area contributed by atoms with Crippen molar-refractivity contribution < 1.29 is 4.79 Å². The molecule has 4 heteroatoms. The number of benzene rings is 2. The van der Waals surface area contributed by atoms with E-state index in [1.807, 2.05) is 24.1 Å². The molecule has 0 aromatic heterocycles. The van der Waals surface area contributed by atoms with Crippen molar-refractivity contribution in [2.75, 3.05) is 41.8 Å². The average molecular weight is 337 g/mol. The van der Waals surface area contributed by atoms with Gasteiger partial charge in [0.05, 0.1) is 6.54 Å². The van der Waals surface area contributed by atoms with Crippen LogP contribution in [-0.2, 0) is 4.79 Å². The molecule has 0 bridgehead atoms. The number of aryl methyl sites for hydroxylation is 2. The molecule has 0 radical (unpaired) electrons. The smallest absolute Gasteiger partial charge is 0.243 e. The molecule has 0 atom stereocenters. The van der Waals surface area contributed by atoms with E-state index in [1.165, 1.54) is 29.7 Å². The highest BCUT2D eigenvalue weighted by Crippen LogP contribution is 2.23. The summed E-state index contributed by atoms with van der Waals surface area (Å²) in [5.41, 5.74) is 5.56. The van der Waals surface area contributed by atoms with Crippen LogP contribution >= 0.6 is 0 Å². The van der Waals surface area contributed by atoms with Crippen LogP contribution in [0.15, 0.2) is 42.5 Å². The van der Waals surface area contributed by atoms with Crippen molar-refractivity contribution in [2.24, 2.45) is 0 Å². The van der Waals surface area contributed by atoms with E-state index in [0.717, 1.165) is 24.5 Å². The van der Waals surface area contributed by atoms with E-state index in [2.05, 4.69) is 54.4 Å². The van der Waals surface area contributed by atoms with E-state index >= 15 is 0 Å². The maximum atomic E-state index is 12.4. The third-order valence-electron chi connectivity index (χ3n) is 4.78. The van der Waals surface area contributed by atoms with Crippen molar-refractivity contribution in [2.45, 2.75) is 26.7 Å². The fourth-order valence-corrected chi connectivity index (χ4v) is 3.36. The Labute approximate surface area is 150 Å². The van der Waals surface area contributed by atoms with Gasteiger partial charge in [-0.2, -0.15) is 0 Å². The number of hydrogen-bond acceptors (Lipinski definition) is 3.